The van der Waals surface area contributed by atoms with Crippen molar-refractivity contribution in [3.05, 3.63) is 53.2 Å². The van der Waals surface area contributed by atoms with Crippen LogP contribution >= 0.6 is 11.6 Å². The zero-order valence-electron chi connectivity index (χ0n) is 17.6. The minimum Gasteiger partial charge on any atom is -0.474 e. The lowest BCUT2D eigenvalue weighted by Gasteiger charge is -2.29. The molecule has 1 aliphatic carbocycles. The van der Waals surface area contributed by atoms with Gasteiger partial charge in [-0.2, -0.15) is 0 Å². The number of nitrogens with one attached hydrogen (secondary N) is 1. The number of aryl methyl sites for hydroxylation is 1. The molecule has 1 saturated carbocycles. The predicted octanol–water partition coefficient (Wildman–Crippen LogP) is 3.79. The number of urea groups is 1. The van der Waals surface area contributed by atoms with Crippen LogP contribution in [-0.2, 0) is 4.79 Å². The molecule has 164 valence electrons. The molecule has 0 bridgehead atoms. The average Bonchev–Trinajstić information content (AvgIpc) is 3.11. The quantitative estimate of drug-likeness (QED) is 0.738. The molecule has 2 heterocycles. The fraction of sp³-hybridized carbons (Fsp3) is 0.435. The molecule has 1 aromatic carbocycles. The van der Waals surface area contributed by atoms with Crippen LogP contribution in [0.5, 0.6) is 5.88 Å². The normalized spacial score (nSPS) is 21.3. The number of pyridine rings is 1. The van der Waals surface area contributed by atoms with Crippen molar-refractivity contribution in [2.45, 2.75) is 44.8 Å². The van der Waals surface area contributed by atoms with E-state index in [4.69, 9.17) is 16.3 Å². The van der Waals surface area contributed by atoms with Crippen molar-refractivity contribution < 1.29 is 14.3 Å². The molecule has 8 heteroatoms. The number of hydrogen-bond donors (Lipinski definition) is 1. The van der Waals surface area contributed by atoms with Gasteiger partial charge in [-0.25, -0.2) is 9.78 Å². The third-order valence-corrected chi connectivity index (χ3v) is 6.00. The number of nitrogens with zero attached hydrogens (tertiary/aromatic N) is 3. The Hall–Kier alpha value is -2.80. The Labute approximate surface area is 187 Å². The summed E-state index contributed by atoms with van der Waals surface area (Å²) in [5, 5.41) is 3.66. The number of amides is 3. The fourth-order valence-electron chi connectivity index (χ4n) is 4.08. The minimum absolute atomic E-state index is 0.0691. The highest BCUT2D eigenvalue weighted by Gasteiger charge is 2.32. The Morgan fingerprint density at radius 2 is 2.00 bits per heavy atom. The van der Waals surface area contributed by atoms with Gasteiger partial charge in [0.25, 0.3) is 0 Å². The molecule has 1 saturated heterocycles. The topological polar surface area (TPSA) is 74.8 Å². The number of carbonyl (C=O) groups excluding carboxylic acids is 2. The molecular weight excluding hydrogens is 416 g/mol. The molecule has 1 N–H and O–H groups in total. The number of aromatic nitrogens is 1. The third kappa shape index (κ3) is 5.47. The van der Waals surface area contributed by atoms with Crippen LogP contribution in [0, 0.1) is 6.92 Å². The smallest absolute Gasteiger partial charge is 0.325 e. The standard InChI is InChI=1S/C23H27ClN4O3/c1-16-5-10-22(25-14-16)31-20-8-6-18(7-9-20)26-21(29)15-27-11-12-28(23(27)30)19-4-2-3-17(24)13-19/h2-5,10,13-14,18,20H,6-9,11-12,15H2,1H3,(H,26,29). The summed E-state index contributed by atoms with van der Waals surface area (Å²) in [5.74, 6) is 0.528. The van der Waals surface area contributed by atoms with Gasteiger partial charge in [0.2, 0.25) is 11.8 Å². The van der Waals surface area contributed by atoms with E-state index in [1.54, 1.807) is 28.1 Å². The van der Waals surface area contributed by atoms with Gasteiger partial charge in [-0.15, -0.1) is 0 Å². The molecule has 2 aliphatic rings. The summed E-state index contributed by atoms with van der Waals surface area (Å²) in [6.07, 6.45) is 5.36. The highest BCUT2D eigenvalue weighted by Crippen LogP contribution is 2.25. The lowest BCUT2D eigenvalue weighted by molar-refractivity contribution is -0.122. The Morgan fingerprint density at radius 3 is 2.71 bits per heavy atom. The van der Waals surface area contributed by atoms with Crippen LogP contribution in [0.1, 0.15) is 31.2 Å². The van der Waals surface area contributed by atoms with Gasteiger partial charge in [-0.3, -0.25) is 9.69 Å². The maximum absolute atomic E-state index is 12.7. The molecule has 1 aromatic heterocycles. The summed E-state index contributed by atoms with van der Waals surface area (Å²) in [4.78, 5) is 32.7. The van der Waals surface area contributed by atoms with Crippen LogP contribution in [0.4, 0.5) is 10.5 Å². The van der Waals surface area contributed by atoms with Crippen LogP contribution < -0.4 is 15.0 Å². The third-order valence-electron chi connectivity index (χ3n) is 5.76. The number of benzene rings is 1. The summed E-state index contributed by atoms with van der Waals surface area (Å²) in [6.45, 7) is 3.12. The number of halogens is 1. The van der Waals surface area contributed by atoms with Crippen molar-refractivity contribution in [3.63, 3.8) is 0 Å². The summed E-state index contributed by atoms with van der Waals surface area (Å²) in [5.41, 5.74) is 1.85. The first kappa shape index (κ1) is 21.4. The van der Waals surface area contributed by atoms with Crippen LogP contribution in [0.3, 0.4) is 0 Å². The summed E-state index contributed by atoms with van der Waals surface area (Å²) >= 11 is 6.03. The number of anilines is 1. The molecule has 7 nitrogen and oxygen atoms in total. The Bertz CT molecular complexity index is 929. The van der Waals surface area contributed by atoms with E-state index in [0.29, 0.717) is 24.0 Å². The van der Waals surface area contributed by atoms with E-state index < -0.39 is 0 Å². The van der Waals surface area contributed by atoms with Crippen molar-refractivity contribution in [1.29, 1.82) is 0 Å². The van der Waals surface area contributed by atoms with Gasteiger partial charge in [-0.05, 0) is 56.4 Å². The SMILES string of the molecule is Cc1ccc(OC2CCC(NC(=O)CN3CCN(c4cccc(Cl)c4)C3=O)CC2)nc1. The maximum atomic E-state index is 12.7. The molecule has 2 aromatic rings. The Kier molecular flexibility index (Phi) is 6.61. The van der Waals surface area contributed by atoms with Crippen LogP contribution in [-0.4, -0.2) is 53.6 Å². The second-order valence-corrected chi connectivity index (χ2v) is 8.60. The zero-order valence-corrected chi connectivity index (χ0v) is 18.3. The summed E-state index contributed by atoms with van der Waals surface area (Å²) in [6, 6.07) is 11.0. The van der Waals surface area contributed by atoms with E-state index >= 15 is 0 Å². The molecular formula is C23H27ClN4O3. The lowest BCUT2D eigenvalue weighted by atomic mass is 9.93. The van der Waals surface area contributed by atoms with Crippen molar-refractivity contribution in [3.8, 4) is 5.88 Å². The van der Waals surface area contributed by atoms with Gasteiger partial charge in [-0.1, -0.05) is 23.7 Å². The maximum Gasteiger partial charge on any atom is 0.325 e. The molecule has 0 spiro atoms. The van der Waals surface area contributed by atoms with E-state index in [2.05, 4.69) is 10.3 Å². The second kappa shape index (κ2) is 9.56. The highest BCUT2D eigenvalue weighted by atomic mass is 35.5. The largest absolute Gasteiger partial charge is 0.474 e. The Morgan fingerprint density at radius 1 is 1.19 bits per heavy atom. The molecule has 0 radical (unpaired) electrons. The van der Waals surface area contributed by atoms with E-state index in [0.717, 1.165) is 36.9 Å². The Balaban J connectivity index is 1.22. The van der Waals surface area contributed by atoms with Crippen LogP contribution in [0.2, 0.25) is 5.02 Å². The van der Waals surface area contributed by atoms with Gasteiger partial charge < -0.3 is 15.0 Å². The van der Waals surface area contributed by atoms with Gasteiger partial charge in [0.05, 0.1) is 0 Å². The molecule has 3 amide bonds. The van der Waals surface area contributed by atoms with Crippen LogP contribution in [0.25, 0.3) is 0 Å². The zero-order chi connectivity index (χ0) is 21.8. The minimum atomic E-state index is -0.167. The first-order valence-corrected chi connectivity index (χ1v) is 11.1. The van der Waals surface area contributed by atoms with Gasteiger partial charge in [0.1, 0.15) is 12.6 Å². The second-order valence-electron chi connectivity index (χ2n) is 8.17. The molecule has 1 aliphatic heterocycles. The lowest BCUT2D eigenvalue weighted by Crippen LogP contribution is -2.45. The molecule has 4 rings (SSSR count). The predicted molar refractivity (Wildman–Crippen MR) is 120 cm³/mol. The summed E-state index contributed by atoms with van der Waals surface area (Å²) < 4.78 is 5.96. The summed E-state index contributed by atoms with van der Waals surface area (Å²) in [7, 11) is 0. The van der Waals surface area contributed by atoms with Gasteiger partial charge in [0, 0.05) is 42.1 Å². The average molecular weight is 443 g/mol. The molecule has 0 atom stereocenters. The highest BCUT2D eigenvalue weighted by molar-refractivity contribution is 6.30. The van der Waals surface area contributed by atoms with Gasteiger partial charge in [0.15, 0.2) is 0 Å². The van der Waals surface area contributed by atoms with Gasteiger partial charge >= 0.3 is 6.03 Å². The molecule has 0 unspecified atom stereocenters. The van der Waals surface area contributed by atoms with Crippen molar-refractivity contribution in [1.82, 2.24) is 15.2 Å². The van der Waals surface area contributed by atoms with Crippen molar-refractivity contribution in [2.75, 3.05) is 24.5 Å². The molecule has 31 heavy (non-hydrogen) atoms. The van der Waals surface area contributed by atoms with E-state index in [1.165, 1.54) is 0 Å². The monoisotopic (exact) mass is 442 g/mol. The van der Waals surface area contributed by atoms with E-state index in [-0.39, 0.29) is 30.6 Å². The number of hydrogen-bond acceptors (Lipinski definition) is 4. The molecule has 2 fully saturated rings. The van der Waals surface area contributed by atoms with Crippen molar-refractivity contribution >= 4 is 29.2 Å². The van der Waals surface area contributed by atoms with Crippen LogP contribution in [0.15, 0.2) is 42.6 Å². The number of ether oxygens (including phenoxy) is 1. The van der Waals surface area contributed by atoms with E-state index in [1.807, 2.05) is 31.2 Å². The fourth-order valence-corrected chi connectivity index (χ4v) is 4.26. The number of rotatable bonds is 6. The number of carbonyl (C=O) groups is 2. The van der Waals surface area contributed by atoms with E-state index in [9.17, 15) is 9.59 Å². The first-order valence-electron chi connectivity index (χ1n) is 10.7. The first-order chi connectivity index (χ1) is 15.0. The van der Waals surface area contributed by atoms with Crippen molar-refractivity contribution in [2.24, 2.45) is 0 Å².